The Hall–Kier alpha value is -2.46. The first-order valence-electron chi connectivity index (χ1n) is 6.26. The second-order valence-corrected chi connectivity index (χ2v) is 4.84. The SMILES string of the molecule is O=C(Nc1ccc(Cl)c2ncccc12)c1ccccc1F. The molecule has 0 spiro atoms. The van der Waals surface area contributed by atoms with Crippen molar-refractivity contribution in [2.45, 2.75) is 0 Å². The molecule has 0 fully saturated rings. The van der Waals surface area contributed by atoms with Gasteiger partial charge in [0, 0.05) is 11.6 Å². The summed E-state index contributed by atoms with van der Waals surface area (Å²) in [4.78, 5) is 16.3. The number of amides is 1. The maximum absolute atomic E-state index is 13.6. The lowest BCUT2D eigenvalue weighted by molar-refractivity contribution is 0.102. The van der Waals surface area contributed by atoms with Gasteiger partial charge in [0.25, 0.3) is 5.91 Å². The number of hydrogen-bond acceptors (Lipinski definition) is 2. The van der Waals surface area contributed by atoms with Gasteiger partial charge in [-0.05, 0) is 36.4 Å². The van der Waals surface area contributed by atoms with E-state index >= 15 is 0 Å². The van der Waals surface area contributed by atoms with Crippen LogP contribution in [0.4, 0.5) is 10.1 Å². The number of carbonyl (C=O) groups is 1. The Bertz CT molecular complexity index is 835. The van der Waals surface area contributed by atoms with Crippen LogP contribution < -0.4 is 5.32 Å². The number of carbonyl (C=O) groups excluding carboxylic acids is 1. The van der Waals surface area contributed by atoms with E-state index in [2.05, 4.69) is 10.3 Å². The smallest absolute Gasteiger partial charge is 0.258 e. The molecular formula is C16H10ClFN2O. The van der Waals surface area contributed by atoms with Crippen molar-refractivity contribution in [1.82, 2.24) is 4.98 Å². The Labute approximate surface area is 125 Å². The highest BCUT2D eigenvalue weighted by Crippen LogP contribution is 2.28. The van der Waals surface area contributed by atoms with E-state index < -0.39 is 11.7 Å². The summed E-state index contributed by atoms with van der Waals surface area (Å²) >= 11 is 6.07. The molecular weight excluding hydrogens is 291 g/mol. The third kappa shape index (κ3) is 2.58. The van der Waals surface area contributed by atoms with E-state index in [1.165, 1.54) is 18.2 Å². The second kappa shape index (κ2) is 5.50. The summed E-state index contributed by atoms with van der Waals surface area (Å²) in [5.74, 6) is -1.08. The van der Waals surface area contributed by atoms with Crippen molar-refractivity contribution in [3.8, 4) is 0 Å². The zero-order valence-corrected chi connectivity index (χ0v) is 11.6. The molecule has 0 aliphatic rings. The molecule has 1 N–H and O–H groups in total. The predicted molar refractivity (Wildman–Crippen MR) is 81.1 cm³/mol. The summed E-state index contributed by atoms with van der Waals surface area (Å²) in [5, 5.41) is 3.89. The largest absolute Gasteiger partial charge is 0.321 e. The van der Waals surface area contributed by atoms with Crippen molar-refractivity contribution in [2.24, 2.45) is 0 Å². The quantitative estimate of drug-likeness (QED) is 0.767. The Morgan fingerprint density at radius 1 is 1.10 bits per heavy atom. The van der Waals surface area contributed by atoms with Crippen LogP contribution >= 0.6 is 11.6 Å². The third-order valence-corrected chi connectivity index (χ3v) is 3.39. The highest BCUT2D eigenvalue weighted by Gasteiger charge is 2.13. The molecule has 2 aromatic carbocycles. The van der Waals surface area contributed by atoms with Crippen LogP contribution in [0, 0.1) is 5.82 Å². The number of nitrogens with one attached hydrogen (secondary N) is 1. The molecule has 5 heteroatoms. The van der Waals surface area contributed by atoms with Crippen molar-refractivity contribution in [1.29, 1.82) is 0 Å². The second-order valence-electron chi connectivity index (χ2n) is 4.43. The van der Waals surface area contributed by atoms with Gasteiger partial charge in [-0.1, -0.05) is 23.7 Å². The van der Waals surface area contributed by atoms with Crippen molar-refractivity contribution >= 4 is 34.1 Å². The van der Waals surface area contributed by atoms with Crippen LogP contribution in [0.25, 0.3) is 10.9 Å². The molecule has 1 heterocycles. The Kier molecular flexibility index (Phi) is 3.54. The lowest BCUT2D eigenvalue weighted by atomic mass is 10.1. The van der Waals surface area contributed by atoms with E-state index in [0.717, 1.165) is 0 Å². The molecule has 0 bridgehead atoms. The molecule has 104 valence electrons. The Morgan fingerprint density at radius 2 is 1.90 bits per heavy atom. The van der Waals surface area contributed by atoms with Crippen LogP contribution in [0.15, 0.2) is 54.7 Å². The number of aromatic nitrogens is 1. The fourth-order valence-corrected chi connectivity index (χ4v) is 2.30. The van der Waals surface area contributed by atoms with Gasteiger partial charge in [-0.2, -0.15) is 0 Å². The molecule has 0 saturated carbocycles. The van der Waals surface area contributed by atoms with Crippen molar-refractivity contribution in [3.63, 3.8) is 0 Å². The molecule has 21 heavy (non-hydrogen) atoms. The zero-order valence-electron chi connectivity index (χ0n) is 10.8. The molecule has 3 nitrogen and oxygen atoms in total. The number of anilines is 1. The molecule has 3 aromatic rings. The fourth-order valence-electron chi connectivity index (χ4n) is 2.08. The Balaban J connectivity index is 2.01. The van der Waals surface area contributed by atoms with Crippen LogP contribution in [-0.2, 0) is 0 Å². The first-order chi connectivity index (χ1) is 10.2. The average molecular weight is 301 g/mol. The normalized spacial score (nSPS) is 10.6. The first kappa shape index (κ1) is 13.5. The van der Waals surface area contributed by atoms with Gasteiger partial charge in [-0.3, -0.25) is 9.78 Å². The molecule has 0 radical (unpaired) electrons. The minimum Gasteiger partial charge on any atom is -0.321 e. The summed E-state index contributed by atoms with van der Waals surface area (Å²) in [6.07, 6.45) is 1.62. The highest BCUT2D eigenvalue weighted by molar-refractivity contribution is 6.35. The van der Waals surface area contributed by atoms with Crippen molar-refractivity contribution < 1.29 is 9.18 Å². The predicted octanol–water partition coefficient (Wildman–Crippen LogP) is 4.28. The molecule has 0 saturated heterocycles. The van der Waals surface area contributed by atoms with Gasteiger partial charge < -0.3 is 5.32 Å². The van der Waals surface area contributed by atoms with Gasteiger partial charge >= 0.3 is 0 Å². The number of fused-ring (bicyclic) bond motifs is 1. The van der Waals surface area contributed by atoms with Crippen LogP contribution in [0.5, 0.6) is 0 Å². The summed E-state index contributed by atoms with van der Waals surface area (Å²) in [5.41, 5.74) is 1.12. The van der Waals surface area contributed by atoms with Crippen molar-refractivity contribution in [2.75, 3.05) is 5.32 Å². The van der Waals surface area contributed by atoms with Crippen LogP contribution in [0.3, 0.4) is 0 Å². The lowest BCUT2D eigenvalue weighted by Crippen LogP contribution is -2.13. The van der Waals surface area contributed by atoms with Gasteiger partial charge in [0.2, 0.25) is 0 Å². The van der Waals surface area contributed by atoms with E-state index in [9.17, 15) is 9.18 Å². The van der Waals surface area contributed by atoms with E-state index in [1.54, 1.807) is 36.5 Å². The van der Waals surface area contributed by atoms with Crippen LogP contribution in [0.2, 0.25) is 5.02 Å². The highest BCUT2D eigenvalue weighted by atomic mass is 35.5. The Morgan fingerprint density at radius 3 is 2.71 bits per heavy atom. The summed E-state index contributed by atoms with van der Waals surface area (Å²) in [6.45, 7) is 0. The van der Waals surface area contributed by atoms with Gasteiger partial charge in [-0.25, -0.2) is 4.39 Å². The fraction of sp³-hybridized carbons (Fsp3) is 0. The molecule has 3 rings (SSSR count). The van der Waals surface area contributed by atoms with Gasteiger partial charge in [0.1, 0.15) is 5.82 Å². The molecule has 0 unspecified atom stereocenters. The van der Waals surface area contributed by atoms with E-state index in [4.69, 9.17) is 11.6 Å². The number of rotatable bonds is 2. The number of hydrogen-bond donors (Lipinski definition) is 1. The minimum absolute atomic E-state index is 0.00973. The minimum atomic E-state index is -0.564. The zero-order chi connectivity index (χ0) is 14.8. The van der Waals surface area contributed by atoms with E-state index in [0.29, 0.717) is 21.6 Å². The number of halogens is 2. The van der Waals surface area contributed by atoms with Gasteiger partial charge in [0.15, 0.2) is 0 Å². The molecule has 0 aliphatic heterocycles. The number of nitrogens with zero attached hydrogens (tertiary/aromatic N) is 1. The van der Waals surface area contributed by atoms with E-state index in [-0.39, 0.29) is 5.56 Å². The van der Waals surface area contributed by atoms with Gasteiger partial charge in [-0.15, -0.1) is 0 Å². The van der Waals surface area contributed by atoms with Crippen LogP contribution in [0.1, 0.15) is 10.4 Å². The monoisotopic (exact) mass is 300 g/mol. The van der Waals surface area contributed by atoms with E-state index in [1.807, 2.05) is 0 Å². The average Bonchev–Trinajstić information content (AvgIpc) is 2.51. The molecule has 0 atom stereocenters. The molecule has 1 aromatic heterocycles. The molecule has 1 amide bonds. The van der Waals surface area contributed by atoms with Gasteiger partial charge in [0.05, 0.1) is 21.8 Å². The maximum atomic E-state index is 13.6. The van der Waals surface area contributed by atoms with Crippen LogP contribution in [-0.4, -0.2) is 10.9 Å². The third-order valence-electron chi connectivity index (χ3n) is 3.09. The summed E-state index contributed by atoms with van der Waals surface area (Å²) < 4.78 is 13.6. The standard InChI is InChI=1S/C16H10ClFN2O/c17-12-7-8-14(11-5-3-9-19-15(11)12)20-16(21)10-4-1-2-6-13(10)18/h1-9H,(H,20,21). The van der Waals surface area contributed by atoms with Crippen molar-refractivity contribution in [3.05, 3.63) is 71.1 Å². The molecule has 0 aliphatic carbocycles. The number of benzene rings is 2. The summed E-state index contributed by atoms with van der Waals surface area (Å²) in [6, 6.07) is 12.7. The lowest BCUT2D eigenvalue weighted by Gasteiger charge is -2.09. The summed E-state index contributed by atoms with van der Waals surface area (Å²) in [7, 11) is 0. The number of pyridine rings is 1. The topological polar surface area (TPSA) is 42.0 Å². The maximum Gasteiger partial charge on any atom is 0.258 e. The first-order valence-corrected chi connectivity index (χ1v) is 6.64.